The Kier molecular flexibility index (Phi) is 8.50. The number of hydrogen-bond acceptors (Lipinski definition) is 4. The van der Waals surface area contributed by atoms with E-state index in [0.29, 0.717) is 12.3 Å². The van der Waals surface area contributed by atoms with Gasteiger partial charge in [0.05, 0.1) is 5.69 Å². The van der Waals surface area contributed by atoms with Gasteiger partial charge >= 0.3 is 0 Å². The average molecular weight is 333 g/mol. The zero-order valence-electron chi connectivity index (χ0n) is 15.8. The summed E-state index contributed by atoms with van der Waals surface area (Å²) in [5.41, 5.74) is 1.59. The maximum absolute atomic E-state index is 11.4. The Bertz CT molecular complexity index is 635. The lowest BCUT2D eigenvalue weighted by Gasteiger charge is -2.19. The van der Waals surface area contributed by atoms with Crippen LogP contribution in [0.3, 0.4) is 0 Å². The van der Waals surface area contributed by atoms with Gasteiger partial charge in [0.25, 0.3) is 0 Å². The molecule has 1 aromatic carbocycles. The van der Waals surface area contributed by atoms with Crippen LogP contribution in [-0.2, 0) is 0 Å². The molecule has 0 aliphatic heterocycles. The van der Waals surface area contributed by atoms with Crippen LogP contribution in [0.2, 0.25) is 0 Å². The Morgan fingerprint density at radius 1 is 1.08 bits per heavy atom. The van der Waals surface area contributed by atoms with E-state index in [9.17, 15) is 4.79 Å². The summed E-state index contributed by atoms with van der Waals surface area (Å²) >= 11 is 0. The van der Waals surface area contributed by atoms with Crippen molar-refractivity contribution in [2.75, 3.05) is 47.4 Å². The van der Waals surface area contributed by atoms with Crippen LogP contribution in [-0.4, -0.2) is 68.0 Å². The number of carbonyl (C=O) groups excluding carboxylic acids is 1. The van der Waals surface area contributed by atoms with E-state index in [2.05, 4.69) is 35.9 Å². The molecule has 0 atom stereocenters. The van der Waals surface area contributed by atoms with E-state index in [0.717, 1.165) is 36.3 Å². The van der Waals surface area contributed by atoms with Gasteiger partial charge in [0.2, 0.25) is 0 Å². The number of aromatic amines is 1. The van der Waals surface area contributed by atoms with E-state index in [1.54, 1.807) is 6.92 Å². The van der Waals surface area contributed by atoms with Crippen LogP contribution < -0.4 is 4.74 Å². The van der Waals surface area contributed by atoms with Crippen LogP contribution in [0, 0.1) is 0 Å². The van der Waals surface area contributed by atoms with Crippen molar-refractivity contribution in [3.05, 3.63) is 30.0 Å². The van der Waals surface area contributed by atoms with Crippen molar-refractivity contribution in [2.45, 2.75) is 20.8 Å². The lowest BCUT2D eigenvalue weighted by atomic mass is 10.2. The second-order valence-electron chi connectivity index (χ2n) is 5.94. The monoisotopic (exact) mass is 333 g/mol. The second-order valence-corrected chi connectivity index (χ2v) is 5.94. The SMILES string of the molecule is CC.CC(=O)c1cc2cc(OCCN(C)CCN(C)C)ccc2[nH]1. The third kappa shape index (κ3) is 6.34. The number of H-pyrrole nitrogens is 1. The minimum atomic E-state index is 0.0428. The molecule has 134 valence electrons. The largest absolute Gasteiger partial charge is 0.492 e. The van der Waals surface area contributed by atoms with E-state index in [1.807, 2.05) is 38.1 Å². The second kappa shape index (κ2) is 10.1. The summed E-state index contributed by atoms with van der Waals surface area (Å²) in [6, 6.07) is 7.72. The van der Waals surface area contributed by atoms with Gasteiger partial charge in [-0.2, -0.15) is 0 Å². The topological polar surface area (TPSA) is 48.6 Å². The van der Waals surface area contributed by atoms with Crippen molar-refractivity contribution < 1.29 is 9.53 Å². The number of benzene rings is 1. The maximum atomic E-state index is 11.4. The quantitative estimate of drug-likeness (QED) is 0.753. The highest BCUT2D eigenvalue weighted by molar-refractivity contribution is 5.98. The van der Waals surface area contributed by atoms with Crippen molar-refractivity contribution in [1.82, 2.24) is 14.8 Å². The fourth-order valence-corrected chi connectivity index (χ4v) is 2.19. The zero-order chi connectivity index (χ0) is 18.1. The van der Waals surface area contributed by atoms with Crippen LogP contribution in [0.1, 0.15) is 31.3 Å². The van der Waals surface area contributed by atoms with Gasteiger partial charge in [-0.25, -0.2) is 0 Å². The molecule has 1 N–H and O–H groups in total. The van der Waals surface area contributed by atoms with Gasteiger partial charge in [-0.15, -0.1) is 0 Å². The van der Waals surface area contributed by atoms with Crippen molar-refractivity contribution >= 4 is 16.7 Å². The molecule has 2 aromatic rings. The van der Waals surface area contributed by atoms with Gasteiger partial charge in [0.1, 0.15) is 12.4 Å². The predicted octanol–water partition coefficient (Wildman–Crippen LogP) is 3.27. The minimum Gasteiger partial charge on any atom is -0.492 e. The lowest BCUT2D eigenvalue weighted by molar-refractivity contribution is 0.101. The summed E-state index contributed by atoms with van der Waals surface area (Å²) in [6.07, 6.45) is 0. The molecule has 0 saturated carbocycles. The summed E-state index contributed by atoms with van der Waals surface area (Å²) in [6.45, 7) is 9.16. The molecule has 0 saturated heterocycles. The lowest BCUT2D eigenvalue weighted by Crippen LogP contribution is -2.31. The van der Waals surface area contributed by atoms with Gasteiger partial charge in [0.15, 0.2) is 5.78 Å². The highest BCUT2D eigenvalue weighted by atomic mass is 16.5. The van der Waals surface area contributed by atoms with Crippen LogP contribution in [0.4, 0.5) is 0 Å². The fourth-order valence-electron chi connectivity index (χ4n) is 2.19. The number of nitrogens with zero attached hydrogens (tertiary/aromatic N) is 2. The van der Waals surface area contributed by atoms with Gasteiger partial charge < -0.3 is 19.5 Å². The number of ketones is 1. The first-order valence-electron chi connectivity index (χ1n) is 8.55. The van der Waals surface area contributed by atoms with E-state index < -0.39 is 0 Å². The Labute approximate surface area is 145 Å². The zero-order valence-corrected chi connectivity index (χ0v) is 15.8. The standard InChI is InChI=1S/C17H25N3O2.C2H6/c1-13(21)17-12-14-11-15(5-6-16(14)18-17)22-10-9-20(4)8-7-19(2)3;1-2/h5-6,11-12,18H,7-10H2,1-4H3;1-2H3. The smallest absolute Gasteiger partial charge is 0.175 e. The molecule has 0 spiro atoms. The molecule has 24 heavy (non-hydrogen) atoms. The number of Topliss-reactive ketones (excluding diaryl/α,β-unsaturated/α-hetero) is 1. The molecular formula is C19H31N3O2. The van der Waals surface area contributed by atoms with Gasteiger partial charge in [-0.05, 0) is 45.4 Å². The third-order valence-electron chi connectivity index (χ3n) is 3.64. The molecule has 0 unspecified atom stereocenters. The summed E-state index contributed by atoms with van der Waals surface area (Å²) in [5, 5.41) is 1.00. The molecule has 0 amide bonds. The summed E-state index contributed by atoms with van der Waals surface area (Å²) in [5.74, 6) is 0.879. The van der Waals surface area contributed by atoms with Crippen LogP contribution in [0.25, 0.3) is 10.9 Å². The molecule has 0 aliphatic carbocycles. The van der Waals surface area contributed by atoms with Gasteiger partial charge in [-0.1, -0.05) is 13.8 Å². The highest BCUT2D eigenvalue weighted by Crippen LogP contribution is 2.21. The van der Waals surface area contributed by atoms with Crippen molar-refractivity contribution in [3.8, 4) is 5.75 Å². The molecule has 5 nitrogen and oxygen atoms in total. The highest BCUT2D eigenvalue weighted by Gasteiger charge is 2.06. The molecule has 0 radical (unpaired) electrons. The van der Waals surface area contributed by atoms with E-state index in [-0.39, 0.29) is 5.78 Å². The van der Waals surface area contributed by atoms with E-state index in [4.69, 9.17) is 4.74 Å². The average Bonchev–Trinajstić information content (AvgIpc) is 2.98. The van der Waals surface area contributed by atoms with E-state index >= 15 is 0 Å². The molecule has 0 fully saturated rings. The molecule has 1 heterocycles. The van der Waals surface area contributed by atoms with Crippen LogP contribution in [0.5, 0.6) is 5.75 Å². The van der Waals surface area contributed by atoms with Crippen molar-refractivity contribution in [1.29, 1.82) is 0 Å². The first kappa shape index (κ1) is 20.2. The van der Waals surface area contributed by atoms with Crippen LogP contribution in [0.15, 0.2) is 24.3 Å². The van der Waals surface area contributed by atoms with Crippen molar-refractivity contribution in [3.63, 3.8) is 0 Å². The number of ether oxygens (including phenoxy) is 1. The normalized spacial score (nSPS) is 10.8. The molecular weight excluding hydrogens is 302 g/mol. The van der Waals surface area contributed by atoms with E-state index in [1.165, 1.54) is 0 Å². The molecule has 5 heteroatoms. The maximum Gasteiger partial charge on any atom is 0.175 e. The van der Waals surface area contributed by atoms with Gasteiger partial charge in [0, 0.05) is 37.5 Å². The molecule has 0 aliphatic rings. The number of rotatable bonds is 8. The first-order chi connectivity index (χ1) is 11.5. The Morgan fingerprint density at radius 3 is 2.42 bits per heavy atom. The Hall–Kier alpha value is -1.85. The van der Waals surface area contributed by atoms with Crippen LogP contribution >= 0.6 is 0 Å². The number of aromatic nitrogens is 1. The number of carbonyl (C=O) groups is 1. The minimum absolute atomic E-state index is 0.0428. The van der Waals surface area contributed by atoms with Gasteiger partial charge in [-0.3, -0.25) is 4.79 Å². The fraction of sp³-hybridized carbons (Fsp3) is 0.526. The van der Waals surface area contributed by atoms with Crippen molar-refractivity contribution in [2.24, 2.45) is 0 Å². The molecule has 0 bridgehead atoms. The summed E-state index contributed by atoms with van der Waals surface area (Å²) in [4.78, 5) is 18.9. The molecule has 1 aromatic heterocycles. The third-order valence-corrected chi connectivity index (χ3v) is 3.64. The molecule has 2 rings (SSSR count). The summed E-state index contributed by atoms with van der Waals surface area (Å²) < 4.78 is 5.81. The number of likely N-dealkylation sites (N-methyl/N-ethyl adjacent to an activating group) is 2. The Balaban J connectivity index is 0.00000139. The number of fused-ring (bicyclic) bond motifs is 1. The number of nitrogens with one attached hydrogen (secondary N) is 1. The summed E-state index contributed by atoms with van der Waals surface area (Å²) in [7, 11) is 6.25. The predicted molar refractivity (Wildman–Crippen MR) is 101 cm³/mol. The number of hydrogen-bond donors (Lipinski definition) is 1. The Morgan fingerprint density at radius 2 is 1.79 bits per heavy atom. The first-order valence-corrected chi connectivity index (χ1v) is 8.55.